The maximum absolute atomic E-state index is 14.0. The summed E-state index contributed by atoms with van der Waals surface area (Å²) in [5.74, 6) is -2.28. The molecule has 0 unspecified atom stereocenters. The standard InChI is InChI=1S/C24H17BrClF4N3O4/c1-36-20-10-13(9-17(25)21(20)37-12-16-18(26)3-2-4-19(16)27)11-31-33-23(35)22(34)32-15-7-5-14(6-8-15)24(28,29)30/h2-11H,12H2,1H3,(H,32,34)(H,33,35)/b31-11+. The molecule has 3 aromatic carbocycles. The summed E-state index contributed by atoms with van der Waals surface area (Å²) in [5, 5.41) is 6.07. The van der Waals surface area contributed by atoms with Crippen LogP contribution in [0.2, 0.25) is 5.02 Å². The molecule has 37 heavy (non-hydrogen) atoms. The second kappa shape index (κ2) is 12.1. The Morgan fingerprint density at radius 3 is 2.43 bits per heavy atom. The smallest absolute Gasteiger partial charge is 0.416 e. The molecule has 3 rings (SSSR count). The largest absolute Gasteiger partial charge is 0.493 e. The Hall–Kier alpha value is -3.64. The summed E-state index contributed by atoms with van der Waals surface area (Å²) in [5.41, 5.74) is 1.72. The van der Waals surface area contributed by atoms with Crippen LogP contribution in [0.5, 0.6) is 11.5 Å². The third kappa shape index (κ3) is 7.43. The van der Waals surface area contributed by atoms with Crippen LogP contribution in [0.3, 0.4) is 0 Å². The predicted molar refractivity (Wildman–Crippen MR) is 132 cm³/mol. The normalized spacial score (nSPS) is 11.3. The molecule has 194 valence electrons. The number of benzene rings is 3. The van der Waals surface area contributed by atoms with E-state index < -0.39 is 29.4 Å². The van der Waals surface area contributed by atoms with E-state index in [4.69, 9.17) is 21.1 Å². The van der Waals surface area contributed by atoms with Crippen LogP contribution in [0, 0.1) is 5.82 Å². The van der Waals surface area contributed by atoms with Gasteiger partial charge in [0.05, 0.1) is 28.4 Å². The summed E-state index contributed by atoms with van der Waals surface area (Å²) in [7, 11) is 1.39. The molecule has 0 aromatic heterocycles. The third-order valence-corrected chi connectivity index (χ3v) is 5.67. The molecule has 2 amide bonds. The lowest BCUT2D eigenvalue weighted by Crippen LogP contribution is -2.32. The molecular weight excluding hydrogens is 586 g/mol. The fraction of sp³-hybridized carbons (Fsp3) is 0.125. The second-order valence-electron chi connectivity index (χ2n) is 7.25. The van der Waals surface area contributed by atoms with Gasteiger partial charge in [0.1, 0.15) is 12.4 Å². The lowest BCUT2D eigenvalue weighted by atomic mass is 10.2. The van der Waals surface area contributed by atoms with Crippen molar-refractivity contribution in [3.05, 3.63) is 86.6 Å². The van der Waals surface area contributed by atoms with Gasteiger partial charge in [0, 0.05) is 11.3 Å². The number of methoxy groups -OCH3 is 1. The molecule has 0 heterocycles. The molecule has 0 radical (unpaired) electrons. The Morgan fingerprint density at radius 2 is 1.81 bits per heavy atom. The van der Waals surface area contributed by atoms with Crippen molar-refractivity contribution in [1.82, 2.24) is 5.43 Å². The molecule has 0 spiro atoms. The van der Waals surface area contributed by atoms with Gasteiger partial charge in [0.25, 0.3) is 0 Å². The van der Waals surface area contributed by atoms with E-state index in [0.717, 1.165) is 24.3 Å². The van der Waals surface area contributed by atoms with Gasteiger partial charge in [-0.1, -0.05) is 17.7 Å². The SMILES string of the molecule is COc1cc(/C=N/NC(=O)C(=O)Nc2ccc(C(F)(F)F)cc2)cc(Br)c1OCc1c(F)cccc1Cl. The number of carbonyl (C=O) groups is 2. The summed E-state index contributed by atoms with van der Waals surface area (Å²) in [6.45, 7) is -0.169. The number of hydrazone groups is 1. The van der Waals surface area contributed by atoms with Crippen LogP contribution >= 0.6 is 27.5 Å². The van der Waals surface area contributed by atoms with Gasteiger partial charge < -0.3 is 14.8 Å². The van der Waals surface area contributed by atoms with Gasteiger partial charge in [-0.15, -0.1) is 0 Å². The molecule has 3 aromatic rings. The zero-order valence-corrected chi connectivity index (χ0v) is 21.2. The van der Waals surface area contributed by atoms with E-state index in [0.29, 0.717) is 10.0 Å². The van der Waals surface area contributed by atoms with Crippen LogP contribution in [-0.2, 0) is 22.4 Å². The van der Waals surface area contributed by atoms with E-state index >= 15 is 0 Å². The van der Waals surface area contributed by atoms with Gasteiger partial charge in [-0.2, -0.15) is 18.3 Å². The van der Waals surface area contributed by atoms with E-state index in [1.165, 1.54) is 37.6 Å². The average Bonchev–Trinajstić information content (AvgIpc) is 2.84. The molecule has 0 aliphatic heterocycles. The highest BCUT2D eigenvalue weighted by molar-refractivity contribution is 9.10. The van der Waals surface area contributed by atoms with Gasteiger partial charge in [-0.25, -0.2) is 9.82 Å². The number of ether oxygens (including phenoxy) is 2. The fourth-order valence-corrected chi connectivity index (χ4v) is 3.71. The Labute approximate surface area is 221 Å². The van der Waals surface area contributed by atoms with Gasteiger partial charge in [-0.3, -0.25) is 9.59 Å². The van der Waals surface area contributed by atoms with Crippen molar-refractivity contribution in [2.45, 2.75) is 12.8 Å². The van der Waals surface area contributed by atoms with Crippen LogP contribution in [0.15, 0.2) is 64.2 Å². The summed E-state index contributed by atoms with van der Waals surface area (Å²) in [6, 6.07) is 10.9. The van der Waals surface area contributed by atoms with Crippen LogP contribution < -0.4 is 20.2 Å². The van der Waals surface area contributed by atoms with Gasteiger partial charge in [-0.05, 0) is 70.0 Å². The minimum Gasteiger partial charge on any atom is -0.493 e. The lowest BCUT2D eigenvalue weighted by molar-refractivity contribution is -0.137. The van der Waals surface area contributed by atoms with Gasteiger partial charge >= 0.3 is 18.0 Å². The molecule has 0 saturated carbocycles. The molecule has 2 N–H and O–H groups in total. The fourth-order valence-electron chi connectivity index (χ4n) is 2.92. The number of nitrogens with one attached hydrogen (secondary N) is 2. The maximum Gasteiger partial charge on any atom is 0.416 e. The minimum atomic E-state index is -4.52. The first-order valence-electron chi connectivity index (χ1n) is 10.2. The van der Waals surface area contributed by atoms with Crippen LogP contribution in [0.25, 0.3) is 0 Å². The number of hydrogen-bond donors (Lipinski definition) is 2. The first-order chi connectivity index (χ1) is 17.5. The summed E-state index contributed by atoms with van der Waals surface area (Å²) in [4.78, 5) is 23.9. The summed E-state index contributed by atoms with van der Waals surface area (Å²) >= 11 is 9.36. The Bertz CT molecular complexity index is 1310. The number of alkyl halides is 3. The van der Waals surface area contributed by atoms with Crippen LogP contribution in [0.4, 0.5) is 23.2 Å². The quantitative estimate of drug-likeness (QED) is 0.152. The highest BCUT2D eigenvalue weighted by Gasteiger charge is 2.30. The average molecular weight is 603 g/mol. The number of nitrogens with zero attached hydrogens (tertiary/aromatic N) is 1. The van der Waals surface area contributed by atoms with Crippen molar-refractivity contribution < 1.29 is 36.6 Å². The van der Waals surface area contributed by atoms with Crippen molar-refractivity contribution in [3.8, 4) is 11.5 Å². The van der Waals surface area contributed by atoms with E-state index in [1.807, 2.05) is 5.43 Å². The van der Waals surface area contributed by atoms with Crippen LogP contribution in [0.1, 0.15) is 16.7 Å². The number of halogens is 6. The molecular formula is C24H17BrClF4N3O4. The van der Waals surface area contributed by atoms with Crippen LogP contribution in [-0.4, -0.2) is 25.1 Å². The topological polar surface area (TPSA) is 89.0 Å². The van der Waals surface area contributed by atoms with Gasteiger partial charge in [0.15, 0.2) is 11.5 Å². The van der Waals surface area contributed by atoms with E-state index in [9.17, 15) is 27.2 Å². The van der Waals surface area contributed by atoms with Crippen molar-refractivity contribution in [3.63, 3.8) is 0 Å². The number of hydrogen-bond acceptors (Lipinski definition) is 5. The monoisotopic (exact) mass is 601 g/mol. The summed E-state index contributed by atoms with van der Waals surface area (Å²) < 4.78 is 63.3. The zero-order chi connectivity index (χ0) is 27.2. The highest BCUT2D eigenvalue weighted by atomic mass is 79.9. The van der Waals surface area contributed by atoms with E-state index in [1.54, 1.807) is 6.07 Å². The van der Waals surface area contributed by atoms with Crippen molar-refractivity contribution in [2.24, 2.45) is 5.10 Å². The number of anilines is 1. The van der Waals surface area contributed by atoms with Gasteiger partial charge in [0.2, 0.25) is 0 Å². The van der Waals surface area contributed by atoms with Crippen molar-refractivity contribution in [1.29, 1.82) is 0 Å². The maximum atomic E-state index is 14.0. The second-order valence-corrected chi connectivity index (χ2v) is 8.51. The molecule has 7 nitrogen and oxygen atoms in total. The molecule has 0 bridgehead atoms. The highest BCUT2D eigenvalue weighted by Crippen LogP contribution is 2.37. The Balaban J connectivity index is 1.62. The van der Waals surface area contributed by atoms with Crippen molar-refractivity contribution in [2.75, 3.05) is 12.4 Å². The molecule has 0 aliphatic carbocycles. The Morgan fingerprint density at radius 1 is 1.11 bits per heavy atom. The molecule has 0 atom stereocenters. The number of amides is 2. The van der Waals surface area contributed by atoms with Crippen molar-refractivity contribution >= 4 is 51.2 Å². The molecule has 13 heteroatoms. The number of rotatable bonds is 7. The summed E-state index contributed by atoms with van der Waals surface area (Å²) in [6.07, 6.45) is -3.31. The first kappa shape index (κ1) is 27.9. The minimum absolute atomic E-state index is 0.00180. The Kier molecular flexibility index (Phi) is 9.11. The number of carbonyl (C=O) groups excluding carboxylic acids is 2. The third-order valence-electron chi connectivity index (χ3n) is 4.73. The predicted octanol–water partition coefficient (Wildman–Crippen LogP) is 5.94. The molecule has 0 saturated heterocycles. The lowest BCUT2D eigenvalue weighted by Gasteiger charge is -2.14. The van der Waals surface area contributed by atoms with E-state index in [-0.39, 0.29) is 34.4 Å². The first-order valence-corrected chi connectivity index (χ1v) is 11.4. The zero-order valence-electron chi connectivity index (χ0n) is 18.8. The molecule has 0 fully saturated rings. The van der Waals surface area contributed by atoms with E-state index in [2.05, 4.69) is 26.3 Å². The molecule has 0 aliphatic rings.